The van der Waals surface area contributed by atoms with Crippen molar-refractivity contribution >= 4 is 52.3 Å². The Hall–Kier alpha value is 0.250. The van der Waals surface area contributed by atoms with Crippen molar-refractivity contribution < 1.29 is 22.2 Å². The molecule has 0 amide bonds. The van der Waals surface area contributed by atoms with Gasteiger partial charge in [0.05, 0.1) is 0 Å². The van der Waals surface area contributed by atoms with Crippen LogP contribution in [0.2, 0.25) is 0 Å². The van der Waals surface area contributed by atoms with Gasteiger partial charge < -0.3 is 8.98 Å². The van der Waals surface area contributed by atoms with Gasteiger partial charge in [0.2, 0.25) is 0 Å². The van der Waals surface area contributed by atoms with E-state index in [4.69, 9.17) is 8.37 Å². The van der Waals surface area contributed by atoms with Crippen molar-refractivity contribution in [1.29, 1.82) is 0 Å². The molecule has 0 aliphatic rings. The molecule has 24 heavy (non-hydrogen) atoms. The predicted octanol–water partition coefficient (Wildman–Crippen LogP) is 3.27. The summed E-state index contributed by atoms with van der Waals surface area (Å²) in [6.45, 7) is 1.91. The summed E-state index contributed by atoms with van der Waals surface area (Å²) in [4.78, 5) is 21.7. The van der Waals surface area contributed by atoms with Crippen LogP contribution in [0.5, 0.6) is 0 Å². The molecular weight excluding hydrogens is 339 g/mol. The Balaban J connectivity index is 0. The maximum atomic E-state index is 11.7. The van der Waals surface area contributed by atoms with E-state index >= 15 is 0 Å². The Morgan fingerprint density at radius 1 is 0.917 bits per heavy atom. The van der Waals surface area contributed by atoms with Crippen molar-refractivity contribution in [1.82, 2.24) is 0 Å². The Morgan fingerprint density at radius 2 is 1.38 bits per heavy atom. The van der Waals surface area contributed by atoms with Crippen molar-refractivity contribution in [3.05, 3.63) is 0 Å². The molecule has 0 bridgehead atoms. The third-order valence-corrected chi connectivity index (χ3v) is 4.78. The topological polar surface area (TPSA) is 69.7 Å². The fraction of sp³-hybridized carbons (Fsp3) is 0.882. The number of unbranched alkanes of at least 4 members (excludes halogenated alkanes) is 10. The molecular formula is C17H35NaO5S. The number of hydrogen-bond donors (Lipinski definition) is 1. The first-order valence-electron chi connectivity index (χ1n) is 8.90. The molecule has 0 spiro atoms. The first-order chi connectivity index (χ1) is 11.0. The van der Waals surface area contributed by atoms with Gasteiger partial charge in [0.25, 0.3) is 0 Å². The minimum atomic E-state index is -3.43. The van der Waals surface area contributed by atoms with E-state index in [9.17, 15) is 13.8 Å². The van der Waals surface area contributed by atoms with Crippen molar-refractivity contribution in [2.75, 3.05) is 12.9 Å². The predicted molar refractivity (Wildman–Crippen MR) is 102 cm³/mol. The van der Waals surface area contributed by atoms with Crippen molar-refractivity contribution in [2.45, 2.75) is 84.0 Å². The molecule has 0 unspecified atom stereocenters. The first-order valence-corrected chi connectivity index (χ1v) is 10.9. The van der Waals surface area contributed by atoms with Crippen LogP contribution < -0.4 is 0 Å². The number of thiol groups is 1. The molecule has 0 aromatic heterocycles. The van der Waals surface area contributed by atoms with Gasteiger partial charge in [-0.15, -0.1) is 0 Å². The van der Waals surface area contributed by atoms with Crippen LogP contribution >= 0.6 is 0 Å². The summed E-state index contributed by atoms with van der Waals surface area (Å²) in [6, 6.07) is 0. The number of rotatable bonds is 16. The van der Waals surface area contributed by atoms with Gasteiger partial charge in [-0.05, 0) is 6.42 Å². The zero-order valence-corrected chi connectivity index (χ0v) is 15.7. The van der Waals surface area contributed by atoms with Gasteiger partial charge in [-0.1, -0.05) is 71.1 Å². The molecule has 0 radical (unpaired) electrons. The monoisotopic (exact) mass is 374 g/mol. The maximum absolute atomic E-state index is 11.7. The molecule has 0 heterocycles. The van der Waals surface area contributed by atoms with Gasteiger partial charge in [-0.2, -0.15) is 0 Å². The van der Waals surface area contributed by atoms with Crippen LogP contribution in [-0.2, 0) is 28.4 Å². The fourth-order valence-electron chi connectivity index (χ4n) is 2.36. The van der Waals surface area contributed by atoms with Crippen LogP contribution in [0, 0.1) is 0 Å². The molecule has 0 aromatic carbocycles. The van der Waals surface area contributed by atoms with Gasteiger partial charge >= 0.3 is 35.5 Å². The standard InChI is InChI=1S/C17H34O5S.Na.H/c1-3-4-5-6-7-8-9-10-11-12-13-14-17(19)22-23(2,20)21-16-15-18;;/h15,23H,3-14,16H2,1-2H3;;. The van der Waals surface area contributed by atoms with Crippen molar-refractivity contribution in [3.8, 4) is 0 Å². The van der Waals surface area contributed by atoms with E-state index in [0.29, 0.717) is 6.29 Å². The zero-order chi connectivity index (χ0) is 17.4. The third-order valence-electron chi connectivity index (χ3n) is 3.63. The Kier molecular flexibility index (Phi) is 19.9. The normalized spacial score (nSPS) is 11.6. The van der Waals surface area contributed by atoms with Crippen LogP contribution in [0.25, 0.3) is 0 Å². The summed E-state index contributed by atoms with van der Waals surface area (Å²) in [6.07, 6.45) is 15.2. The molecule has 0 rings (SSSR count). The van der Waals surface area contributed by atoms with Crippen LogP contribution in [0.15, 0.2) is 0 Å². The molecule has 0 aromatic rings. The second-order valence-electron chi connectivity index (χ2n) is 5.98. The van der Waals surface area contributed by atoms with Crippen LogP contribution in [0.4, 0.5) is 0 Å². The summed E-state index contributed by atoms with van der Waals surface area (Å²) < 4.78 is 21.1. The summed E-state index contributed by atoms with van der Waals surface area (Å²) in [5.74, 6) is -0.516. The van der Waals surface area contributed by atoms with E-state index < -0.39 is 16.5 Å². The number of aldehydes is 1. The molecule has 0 fully saturated rings. The van der Waals surface area contributed by atoms with E-state index in [2.05, 4.69) is 6.92 Å². The van der Waals surface area contributed by atoms with Crippen LogP contribution in [-0.4, -0.2) is 58.9 Å². The first kappa shape index (κ1) is 26.5. The summed E-state index contributed by atoms with van der Waals surface area (Å²) >= 11 is 0. The number of carbonyl (C=O) groups excluding carboxylic acids is 2. The third kappa shape index (κ3) is 18.6. The van der Waals surface area contributed by atoms with Crippen LogP contribution in [0.1, 0.15) is 84.0 Å². The summed E-state index contributed by atoms with van der Waals surface area (Å²) in [7, 11) is -3.43. The summed E-state index contributed by atoms with van der Waals surface area (Å²) in [5, 5.41) is 0. The quantitative estimate of drug-likeness (QED) is 0.194. The van der Waals surface area contributed by atoms with Crippen molar-refractivity contribution in [2.24, 2.45) is 0 Å². The van der Waals surface area contributed by atoms with Crippen LogP contribution in [0.3, 0.4) is 0 Å². The molecule has 0 aliphatic heterocycles. The second-order valence-corrected chi connectivity index (χ2v) is 7.97. The number of carbonyl (C=O) groups is 2. The van der Waals surface area contributed by atoms with Crippen molar-refractivity contribution in [3.63, 3.8) is 0 Å². The molecule has 5 nitrogen and oxygen atoms in total. The molecule has 0 saturated heterocycles. The van der Waals surface area contributed by atoms with E-state index in [1.807, 2.05) is 0 Å². The SMILES string of the molecule is CCCCCCCCCCCCCC(=O)O[SH](C)(=O)OCC=O.[NaH]. The van der Waals surface area contributed by atoms with E-state index in [-0.39, 0.29) is 42.6 Å². The number of hydrogen-bond acceptors (Lipinski definition) is 5. The Labute approximate surface area is 170 Å². The molecule has 7 heteroatoms. The minimum absolute atomic E-state index is 0. The van der Waals surface area contributed by atoms with Gasteiger partial charge in [-0.3, -0.25) is 8.98 Å². The molecule has 0 N–H and O–H groups in total. The Morgan fingerprint density at radius 3 is 1.83 bits per heavy atom. The molecule has 0 saturated carbocycles. The molecule has 0 atom stereocenters. The zero-order valence-electron chi connectivity index (χ0n) is 14.8. The van der Waals surface area contributed by atoms with E-state index in [1.54, 1.807) is 0 Å². The average Bonchev–Trinajstić information content (AvgIpc) is 2.50. The van der Waals surface area contributed by atoms with Gasteiger partial charge in [0.15, 0.2) is 0 Å². The van der Waals surface area contributed by atoms with Gasteiger partial charge in [0.1, 0.15) is 23.4 Å². The van der Waals surface area contributed by atoms with Gasteiger partial charge in [-0.25, -0.2) is 4.21 Å². The molecule has 0 aliphatic carbocycles. The fourth-order valence-corrected chi connectivity index (χ4v) is 3.20. The van der Waals surface area contributed by atoms with E-state index in [0.717, 1.165) is 19.3 Å². The molecule has 140 valence electrons. The average molecular weight is 375 g/mol. The Bertz CT molecular complexity index is 363. The summed E-state index contributed by atoms with van der Waals surface area (Å²) in [5.41, 5.74) is 0. The van der Waals surface area contributed by atoms with Gasteiger partial charge in [0, 0.05) is 12.7 Å². The van der Waals surface area contributed by atoms with E-state index in [1.165, 1.54) is 57.6 Å². The second kappa shape index (κ2) is 18.1.